The van der Waals surface area contributed by atoms with Crippen molar-refractivity contribution in [3.05, 3.63) is 17.6 Å². The lowest BCUT2D eigenvalue weighted by Crippen LogP contribution is -2.25. The van der Waals surface area contributed by atoms with Gasteiger partial charge in [0.25, 0.3) is 0 Å². The van der Waals surface area contributed by atoms with Gasteiger partial charge in [-0.2, -0.15) is 13.2 Å². The van der Waals surface area contributed by atoms with Gasteiger partial charge in [0.1, 0.15) is 5.76 Å². The van der Waals surface area contributed by atoms with Crippen LogP contribution in [0.4, 0.5) is 23.7 Å². The summed E-state index contributed by atoms with van der Waals surface area (Å²) < 4.78 is 41.5. The molecule has 15 heavy (non-hydrogen) atoms. The number of amides is 2. The van der Waals surface area contributed by atoms with Crippen LogP contribution in [0, 0.1) is 6.92 Å². The standard InChI is InChI=1S/C8H9F3N2O2/c1-4-3-5(13-7(14)12-2)6(15-4)8(9,10)11/h3H,1-2H3,(H2,12,13,14). The van der Waals surface area contributed by atoms with Crippen LogP contribution in [0.5, 0.6) is 0 Å². The van der Waals surface area contributed by atoms with E-state index in [4.69, 9.17) is 0 Å². The molecule has 0 atom stereocenters. The quantitative estimate of drug-likeness (QED) is 0.766. The van der Waals surface area contributed by atoms with Gasteiger partial charge in [-0.3, -0.25) is 0 Å². The smallest absolute Gasteiger partial charge is 0.451 e. The number of carbonyl (C=O) groups is 1. The topological polar surface area (TPSA) is 54.3 Å². The van der Waals surface area contributed by atoms with Crippen LogP contribution < -0.4 is 10.6 Å². The Kier molecular flexibility index (Phi) is 2.92. The molecule has 7 heteroatoms. The highest BCUT2D eigenvalue weighted by molar-refractivity contribution is 5.89. The molecule has 0 unspecified atom stereocenters. The van der Waals surface area contributed by atoms with Crippen LogP contribution in [0.1, 0.15) is 11.5 Å². The van der Waals surface area contributed by atoms with Crippen LogP contribution in [0.2, 0.25) is 0 Å². The second-order valence-electron chi connectivity index (χ2n) is 2.80. The molecule has 1 aromatic heterocycles. The van der Waals surface area contributed by atoms with Crippen LogP contribution in [0.3, 0.4) is 0 Å². The predicted octanol–water partition coefficient (Wildman–Crippen LogP) is 2.36. The summed E-state index contributed by atoms with van der Waals surface area (Å²) in [5.74, 6) is -1.13. The molecule has 0 spiro atoms. The molecule has 0 radical (unpaired) electrons. The van der Waals surface area contributed by atoms with Crippen molar-refractivity contribution in [1.29, 1.82) is 0 Å². The van der Waals surface area contributed by atoms with E-state index in [2.05, 4.69) is 9.73 Å². The summed E-state index contributed by atoms with van der Waals surface area (Å²) in [5.41, 5.74) is -0.389. The Morgan fingerprint density at radius 1 is 1.47 bits per heavy atom. The molecule has 0 saturated carbocycles. The molecule has 1 aromatic rings. The molecule has 0 aliphatic carbocycles. The van der Waals surface area contributed by atoms with E-state index in [1.807, 2.05) is 5.32 Å². The summed E-state index contributed by atoms with van der Waals surface area (Å²) in [4.78, 5) is 10.8. The first-order chi connectivity index (χ1) is 6.84. The van der Waals surface area contributed by atoms with Crippen LogP contribution >= 0.6 is 0 Å². The third kappa shape index (κ3) is 2.64. The first kappa shape index (κ1) is 11.4. The van der Waals surface area contributed by atoms with Crippen molar-refractivity contribution in [3.8, 4) is 0 Å². The Bertz CT molecular complexity index is 370. The number of alkyl halides is 3. The summed E-state index contributed by atoms with van der Waals surface area (Å²) in [5, 5.41) is 4.17. The predicted molar refractivity (Wildman–Crippen MR) is 46.5 cm³/mol. The minimum atomic E-state index is -4.62. The molecular formula is C8H9F3N2O2. The zero-order valence-corrected chi connectivity index (χ0v) is 8.03. The molecule has 1 rings (SSSR count). The molecule has 2 N–H and O–H groups in total. The van der Waals surface area contributed by atoms with E-state index in [-0.39, 0.29) is 11.4 Å². The van der Waals surface area contributed by atoms with Crippen molar-refractivity contribution in [1.82, 2.24) is 5.32 Å². The van der Waals surface area contributed by atoms with Gasteiger partial charge in [-0.15, -0.1) is 0 Å². The molecular weight excluding hydrogens is 213 g/mol. The molecule has 0 saturated heterocycles. The first-order valence-corrected chi connectivity index (χ1v) is 4.01. The lowest BCUT2D eigenvalue weighted by Gasteiger charge is -2.06. The minimum absolute atomic E-state index is 0.0775. The molecule has 0 fully saturated rings. The maximum Gasteiger partial charge on any atom is 0.451 e. The van der Waals surface area contributed by atoms with Crippen LogP contribution in [0.25, 0.3) is 0 Å². The Labute approximate surface area is 83.4 Å². The summed E-state index contributed by atoms with van der Waals surface area (Å²) >= 11 is 0. The number of rotatable bonds is 1. The molecule has 2 amide bonds. The fourth-order valence-electron chi connectivity index (χ4n) is 1.00. The number of hydrogen-bond acceptors (Lipinski definition) is 2. The average Bonchev–Trinajstić information content (AvgIpc) is 2.45. The molecule has 0 aliphatic rings. The SMILES string of the molecule is CNC(=O)Nc1cc(C)oc1C(F)(F)F. The van der Waals surface area contributed by atoms with Crippen molar-refractivity contribution in [2.45, 2.75) is 13.1 Å². The molecule has 84 valence electrons. The summed E-state index contributed by atoms with van der Waals surface area (Å²) in [6.07, 6.45) is -4.62. The Morgan fingerprint density at radius 2 is 2.07 bits per heavy atom. The lowest BCUT2D eigenvalue weighted by molar-refractivity contribution is -0.152. The number of nitrogens with one attached hydrogen (secondary N) is 2. The maximum atomic E-state index is 12.4. The molecule has 0 aliphatic heterocycles. The van der Waals surface area contributed by atoms with Crippen molar-refractivity contribution in [3.63, 3.8) is 0 Å². The zero-order valence-electron chi connectivity index (χ0n) is 8.03. The monoisotopic (exact) mass is 222 g/mol. The Balaban J connectivity index is 3.02. The fourth-order valence-corrected chi connectivity index (χ4v) is 1.00. The first-order valence-electron chi connectivity index (χ1n) is 4.01. The van der Waals surface area contributed by atoms with Crippen LogP contribution in [-0.4, -0.2) is 13.1 Å². The minimum Gasteiger partial charge on any atom is -0.455 e. The highest BCUT2D eigenvalue weighted by Crippen LogP contribution is 2.36. The largest absolute Gasteiger partial charge is 0.455 e. The highest BCUT2D eigenvalue weighted by atomic mass is 19.4. The van der Waals surface area contributed by atoms with Gasteiger partial charge in [-0.05, 0) is 6.92 Å². The second-order valence-corrected chi connectivity index (χ2v) is 2.80. The number of aryl methyl sites for hydroxylation is 1. The van der Waals surface area contributed by atoms with Gasteiger partial charge in [-0.1, -0.05) is 0 Å². The van der Waals surface area contributed by atoms with Crippen LogP contribution in [0.15, 0.2) is 10.5 Å². The van der Waals surface area contributed by atoms with Gasteiger partial charge in [0, 0.05) is 13.1 Å². The maximum absolute atomic E-state index is 12.4. The third-order valence-corrected chi connectivity index (χ3v) is 1.59. The Morgan fingerprint density at radius 3 is 2.53 bits per heavy atom. The van der Waals surface area contributed by atoms with E-state index in [9.17, 15) is 18.0 Å². The zero-order chi connectivity index (χ0) is 11.6. The van der Waals surface area contributed by atoms with Gasteiger partial charge in [0.15, 0.2) is 0 Å². The number of urea groups is 1. The van der Waals surface area contributed by atoms with Crippen molar-refractivity contribution < 1.29 is 22.4 Å². The number of furan rings is 1. The molecule has 4 nitrogen and oxygen atoms in total. The number of halogens is 3. The van der Waals surface area contributed by atoms with Crippen molar-refractivity contribution >= 4 is 11.7 Å². The second kappa shape index (κ2) is 3.84. The molecule has 0 bridgehead atoms. The summed E-state index contributed by atoms with van der Waals surface area (Å²) in [6, 6.07) is 0.374. The normalized spacial score (nSPS) is 11.3. The average molecular weight is 222 g/mol. The fraction of sp³-hybridized carbons (Fsp3) is 0.375. The number of carbonyl (C=O) groups excluding carboxylic acids is 1. The molecule has 0 aromatic carbocycles. The van der Waals surface area contributed by atoms with Gasteiger partial charge in [0.05, 0.1) is 5.69 Å². The van der Waals surface area contributed by atoms with E-state index in [0.717, 1.165) is 6.07 Å². The van der Waals surface area contributed by atoms with Gasteiger partial charge < -0.3 is 15.1 Å². The summed E-state index contributed by atoms with van der Waals surface area (Å²) in [6.45, 7) is 1.37. The van der Waals surface area contributed by atoms with Crippen molar-refractivity contribution in [2.24, 2.45) is 0 Å². The van der Waals surface area contributed by atoms with E-state index in [0.29, 0.717) is 0 Å². The van der Waals surface area contributed by atoms with Crippen molar-refractivity contribution in [2.75, 3.05) is 12.4 Å². The van der Waals surface area contributed by atoms with E-state index >= 15 is 0 Å². The third-order valence-electron chi connectivity index (χ3n) is 1.59. The van der Waals surface area contributed by atoms with Gasteiger partial charge in [-0.25, -0.2) is 4.79 Å². The van der Waals surface area contributed by atoms with E-state index < -0.39 is 18.0 Å². The highest BCUT2D eigenvalue weighted by Gasteiger charge is 2.38. The summed E-state index contributed by atoms with van der Waals surface area (Å²) in [7, 11) is 1.30. The Hall–Kier alpha value is -1.66. The number of anilines is 1. The van der Waals surface area contributed by atoms with Gasteiger partial charge in [0.2, 0.25) is 5.76 Å². The van der Waals surface area contributed by atoms with E-state index in [1.54, 1.807) is 0 Å². The lowest BCUT2D eigenvalue weighted by atomic mass is 10.3. The van der Waals surface area contributed by atoms with Gasteiger partial charge >= 0.3 is 12.2 Å². The van der Waals surface area contributed by atoms with Crippen LogP contribution in [-0.2, 0) is 6.18 Å². The van der Waals surface area contributed by atoms with E-state index in [1.165, 1.54) is 14.0 Å². The number of hydrogen-bond donors (Lipinski definition) is 2. The molecule has 1 heterocycles.